The van der Waals surface area contributed by atoms with Crippen LogP contribution in [0.3, 0.4) is 0 Å². The third kappa shape index (κ3) is 4.12. The van der Waals surface area contributed by atoms with Gasteiger partial charge in [-0.2, -0.15) is 0 Å². The quantitative estimate of drug-likeness (QED) is 0.892. The number of benzene rings is 1. The van der Waals surface area contributed by atoms with E-state index in [1.54, 1.807) is 6.07 Å². The molecule has 0 heterocycles. The van der Waals surface area contributed by atoms with Gasteiger partial charge in [0.15, 0.2) is 0 Å². The summed E-state index contributed by atoms with van der Waals surface area (Å²) in [4.78, 5) is 0. The summed E-state index contributed by atoms with van der Waals surface area (Å²) in [6.45, 7) is 4.22. The van der Waals surface area contributed by atoms with Gasteiger partial charge in [0, 0.05) is 5.02 Å². The maximum absolute atomic E-state index is 10.4. The second-order valence-electron chi connectivity index (χ2n) is 5.79. The van der Waals surface area contributed by atoms with Crippen molar-refractivity contribution in [2.24, 2.45) is 11.8 Å². The summed E-state index contributed by atoms with van der Waals surface area (Å²) in [5, 5.41) is 11.1. The molecule has 1 N–H and O–H groups in total. The Morgan fingerprint density at radius 3 is 2.58 bits per heavy atom. The number of halogens is 1. The summed E-state index contributed by atoms with van der Waals surface area (Å²) in [5.41, 5.74) is 0. The monoisotopic (exact) mass is 282 g/mol. The number of hydrogen-bond donors (Lipinski definition) is 1. The van der Waals surface area contributed by atoms with Gasteiger partial charge in [-0.15, -0.1) is 0 Å². The van der Waals surface area contributed by atoms with Gasteiger partial charge >= 0.3 is 0 Å². The highest BCUT2D eigenvalue weighted by Crippen LogP contribution is 2.32. The first kappa shape index (κ1) is 14.7. The van der Waals surface area contributed by atoms with Gasteiger partial charge in [0.05, 0.1) is 6.10 Å². The van der Waals surface area contributed by atoms with Gasteiger partial charge in [0.25, 0.3) is 0 Å². The summed E-state index contributed by atoms with van der Waals surface area (Å²) in [6, 6.07) is 7.34. The van der Waals surface area contributed by atoms with Crippen LogP contribution in [-0.2, 0) is 0 Å². The first-order valence-electron chi connectivity index (χ1n) is 7.16. The number of aliphatic hydroxyl groups is 1. The van der Waals surface area contributed by atoms with E-state index in [1.165, 1.54) is 12.8 Å². The van der Waals surface area contributed by atoms with Crippen LogP contribution in [0.2, 0.25) is 5.02 Å². The van der Waals surface area contributed by atoms with Gasteiger partial charge in [-0.25, -0.2) is 0 Å². The Hall–Kier alpha value is -0.730. The number of rotatable bonds is 4. The molecule has 106 valence electrons. The second-order valence-corrected chi connectivity index (χ2v) is 6.23. The summed E-state index contributed by atoms with van der Waals surface area (Å²) in [5.74, 6) is 1.89. The predicted molar refractivity (Wildman–Crippen MR) is 78.7 cm³/mol. The lowest BCUT2D eigenvalue weighted by atomic mass is 9.79. The largest absolute Gasteiger partial charge is 0.488 e. The fourth-order valence-electron chi connectivity index (χ4n) is 2.84. The molecule has 0 saturated heterocycles. The maximum Gasteiger partial charge on any atom is 0.122 e. The van der Waals surface area contributed by atoms with Crippen LogP contribution in [0.15, 0.2) is 24.3 Å². The van der Waals surface area contributed by atoms with Crippen LogP contribution in [0.25, 0.3) is 0 Å². The Bertz CT molecular complexity index is 399. The molecule has 1 aliphatic carbocycles. The highest BCUT2D eigenvalue weighted by molar-refractivity contribution is 6.30. The van der Waals surface area contributed by atoms with Gasteiger partial charge in [-0.3, -0.25) is 0 Å². The third-order valence-electron chi connectivity index (χ3n) is 4.14. The molecule has 1 aromatic rings. The lowest BCUT2D eigenvalue weighted by Crippen LogP contribution is -2.37. The zero-order valence-electron chi connectivity index (χ0n) is 11.7. The lowest BCUT2D eigenvalue weighted by Gasteiger charge is -2.32. The molecule has 0 bridgehead atoms. The Balaban J connectivity index is 1.90. The van der Waals surface area contributed by atoms with E-state index in [1.807, 2.05) is 25.1 Å². The fraction of sp³-hybridized carbons (Fsp3) is 0.625. The van der Waals surface area contributed by atoms with Gasteiger partial charge in [0.1, 0.15) is 11.9 Å². The Kier molecular flexibility index (Phi) is 5.12. The molecule has 19 heavy (non-hydrogen) atoms. The third-order valence-corrected chi connectivity index (χ3v) is 4.38. The minimum Gasteiger partial charge on any atom is -0.488 e. The zero-order chi connectivity index (χ0) is 13.8. The molecule has 0 aliphatic heterocycles. The van der Waals surface area contributed by atoms with Gasteiger partial charge in [-0.1, -0.05) is 37.4 Å². The summed E-state index contributed by atoms with van der Waals surface area (Å²) in [6.07, 6.45) is 4.04. The molecule has 0 radical (unpaired) electrons. The molecule has 1 aromatic carbocycles. The van der Waals surface area contributed by atoms with Crippen LogP contribution in [0, 0.1) is 11.8 Å². The van der Waals surface area contributed by atoms with E-state index < -0.39 is 6.10 Å². The van der Waals surface area contributed by atoms with Crippen LogP contribution in [0.5, 0.6) is 5.75 Å². The van der Waals surface area contributed by atoms with Crippen molar-refractivity contribution in [2.75, 3.05) is 0 Å². The van der Waals surface area contributed by atoms with E-state index in [9.17, 15) is 5.11 Å². The maximum atomic E-state index is 10.4. The van der Waals surface area contributed by atoms with Crippen LogP contribution in [0.1, 0.15) is 39.5 Å². The highest BCUT2D eigenvalue weighted by atomic mass is 35.5. The Morgan fingerprint density at radius 2 is 1.95 bits per heavy atom. The highest BCUT2D eigenvalue weighted by Gasteiger charge is 2.29. The average molecular weight is 283 g/mol. The smallest absolute Gasteiger partial charge is 0.122 e. The molecule has 3 heteroatoms. The molecule has 2 rings (SSSR count). The van der Waals surface area contributed by atoms with Crippen molar-refractivity contribution in [3.8, 4) is 5.75 Å². The van der Waals surface area contributed by atoms with Crippen LogP contribution in [0.4, 0.5) is 0 Å². The van der Waals surface area contributed by atoms with Crippen molar-refractivity contribution >= 4 is 11.6 Å². The summed E-state index contributed by atoms with van der Waals surface area (Å²) in [7, 11) is 0. The van der Waals surface area contributed by atoms with Gasteiger partial charge in [-0.05, 0) is 49.8 Å². The standard InChI is InChI=1S/C16H23ClO2/c1-11-6-8-13(9-7-11)16(18)12(2)19-15-5-3-4-14(17)10-15/h3-5,10-13,16,18H,6-9H2,1-2H3. The van der Waals surface area contributed by atoms with Crippen molar-refractivity contribution in [2.45, 2.75) is 51.7 Å². The first-order chi connectivity index (χ1) is 9.06. The summed E-state index contributed by atoms with van der Waals surface area (Å²) < 4.78 is 5.80. The molecule has 2 nitrogen and oxygen atoms in total. The van der Waals surface area contributed by atoms with Crippen LogP contribution < -0.4 is 4.74 Å². The number of ether oxygens (including phenoxy) is 1. The SMILES string of the molecule is CC1CCC(C(O)C(C)Oc2cccc(Cl)c2)CC1. The minimum absolute atomic E-state index is 0.197. The molecular weight excluding hydrogens is 260 g/mol. The normalized spacial score (nSPS) is 26.7. The van der Waals surface area contributed by atoms with Crippen LogP contribution >= 0.6 is 11.6 Å². The zero-order valence-corrected chi connectivity index (χ0v) is 12.4. The molecule has 2 unspecified atom stereocenters. The van der Waals surface area contributed by atoms with Gasteiger partial charge in [0.2, 0.25) is 0 Å². The first-order valence-corrected chi connectivity index (χ1v) is 7.54. The van der Waals surface area contributed by atoms with E-state index in [-0.39, 0.29) is 6.10 Å². The molecule has 1 fully saturated rings. The minimum atomic E-state index is -0.397. The average Bonchev–Trinajstić information content (AvgIpc) is 2.39. The van der Waals surface area contributed by atoms with Crippen LogP contribution in [-0.4, -0.2) is 17.3 Å². The topological polar surface area (TPSA) is 29.5 Å². The molecule has 0 amide bonds. The van der Waals surface area contributed by atoms with Crippen molar-refractivity contribution in [1.29, 1.82) is 0 Å². The molecular formula is C16H23ClO2. The Morgan fingerprint density at radius 1 is 1.26 bits per heavy atom. The molecule has 1 saturated carbocycles. The molecule has 1 aliphatic rings. The van der Waals surface area contributed by atoms with Crippen molar-refractivity contribution in [3.05, 3.63) is 29.3 Å². The lowest BCUT2D eigenvalue weighted by molar-refractivity contribution is -0.00903. The second kappa shape index (κ2) is 6.62. The van der Waals surface area contributed by atoms with Crippen molar-refractivity contribution in [3.63, 3.8) is 0 Å². The van der Waals surface area contributed by atoms with Crippen molar-refractivity contribution < 1.29 is 9.84 Å². The Labute approximate surface area is 120 Å². The molecule has 0 aromatic heterocycles. The predicted octanol–water partition coefficient (Wildman–Crippen LogP) is 4.29. The fourth-order valence-corrected chi connectivity index (χ4v) is 3.02. The van der Waals surface area contributed by atoms with E-state index in [0.717, 1.165) is 24.5 Å². The van der Waals surface area contributed by atoms with Crippen molar-refractivity contribution in [1.82, 2.24) is 0 Å². The van der Waals surface area contributed by atoms with E-state index in [4.69, 9.17) is 16.3 Å². The van der Waals surface area contributed by atoms with E-state index in [2.05, 4.69) is 6.92 Å². The van der Waals surface area contributed by atoms with E-state index >= 15 is 0 Å². The molecule has 2 atom stereocenters. The number of hydrogen-bond acceptors (Lipinski definition) is 2. The van der Waals surface area contributed by atoms with Gasteiger partial charge < -0.3 is 9.84 Å². The van der Waals surface area contributed by atoms with E-state index in [0.29, 0.717) is 10.9 Å². The summed E-state index contributed by atoms with van der Waals surface area (Å²) >= 11 is 5.93. The number of aliphatic hydroxyl groups excluding tert-OH is 1. The molecule has 0 spiro atoms.